The lowest BCUT2D eigenvalue weighted by molar-refractivity contribution is 0.524. The number of piperidine rings is 1. The number of hydrogen-bond donors (Lipinski definition) is 1. The van der Waals surface area contributed by atoms with Crippen LogP contribution in [0.4, 0.5) is 0 Å². The molecule has 50 valence electrons. The molecule has 0 saturated carbocycles. The minimum absolute atomic E-state index is 0.621. The van der Waals surface area contributed by atoms with Crippen LogP contribution in [0.2, 0.25) is 0 Å². The van der Waals surface area contributed by atoms with Crippen LogP contribution in [0, 0.1) is 5.92 Å². The van der Waals surface area contributed by atoms with Gasteiger partial charge in [-0.1, -0.05) is 20.1 Å². The van der Waals surface area contributed by atoms with Crippen molar-refractivity contribution in [2.45, 2.75) is 19.8 Å². The van der Waals surface area contributed by atoms with Crippen molar-refractivity contribution in [3.05, 3.63) is 24.6 Å². The Morgan fingerprint density at radius 1 is 1.56 bits per heavy atom. The molecular weight excluding hydrogens is 110 g/mol. The maximum absolute atomic E-state index is 3.87. The fourth-order valence-corrected chi connectivity index (χ4v) is 0.978. The minimum Gasteiger partial charge on any atom is -0.363 e. The normalized spacial score (nSPS) is 27.9. The van der Waals surface area contributed by atoms with E-state index in [1.165, 1.54) is 6.42 Å². The number of allylic oxidation sites excluding steroid dienone is 2. The fourth-order valence-electron chi connectivity index (χ4n) is 0.978. The van der Waals surface area contributed by atoms with Gasteiger partial charge in [0.05, 0.1) is 0 Å². The van der Waals surface area contributed by atoms with Crippen molar-refractivity contribution in [1.82, 2.24) is 5.32 Å². The van der Waals surface area contributed by atoms with E-state index in [9.17, 15) is 0 Å². The lowest BCUT2D eigenvalue weighted by Gasteiger charge is -2.24. The first-order chi connectivity index (χ1) is 4.20. The minimum atomic E-state index is 0.621. The zero-order valence-corrected chi connectivity index (χ0v) is 5.91. The van der Waals surface area contributed by atoms with Gasteiger partial charge in [-0.25, -0.2) is 0 Å². The van der Waals surface area contributed by atoms with E-state index >= 15 is 0 Å². The molecule has 1 N–H and O–H groups in total. The number of rotatable bonds is 0. The van der Waals surface area contributed by atoms with Crippen LogP contribution in [0.1, 0.15) is 19.8 Å². The molecule has 9 heavy (non-hydrogen) atoms. The van der Waals surface area contributed by atoms with Crippen LogP contribution in [-0.2, 0) is 0 Å². The molecule has 1 aliphatic heterocycles. The molecule has 0 aromatic rings. The summed E-state index contributed by atoms with van der Waals surface area (Å²) in [4.78, 5) is 0. The van der Waals surface area contributed by atoms with Gasteiger partial charge in [-0.3, -0.25) is 0 Å². The lowest BCUT2D eigenvalue weighted by atomic mass is 9.97. The number of hydrogen-bond acceptors (Lipinski definition) is 1. The molecule has 0 bridgehead atoms. The zero-order valence-electron chi connectivity index (χ0n) is 5.91. The van der Waals surface area contributed by atoms with Crippen molar-refractivity contribution >= 4 is 0 Å². The monoisotopic (exact) mass is 123 g/mol. The molecular formula is C8H13N. The van der Waals surface area contributed by atoms with Gasteiger partial charge in [0.15, 0.2) is 0 Å². The van der Waals surface area contributed by atoms with Gasteiger partial charge in [0.25, 0.3) is 0 Å². The van der Waals surface area contributed by atoms with Crippen LogP contribution in [0.5, 0.6) is 0 Å². The highest BCUT2D eigenvalue weighted by atomic mass is 14.9. The average molecular weight is 123 g/mol. The molecule has 1 nitrogen and oxygen atoms in total. The van der Waals surface area contributed by atoms with Crippen molar-refractivity contribution in [3.8, 4) is 0 Å². The van der Waals surface area contributed by atoms with Crippen LogP contribution in [-0.4, -0.2) is 0 Å². The molecule has 1 aliphatic rings. The molecule has 0 spiro atoms. The molecule has 1 unspecified atom stereocenters. The molecule has 0 amide bonds. The summed E-state index contributed by atoms with van der Waals surface area (Å²) in [5.41, 5.74) is 2.23. The summed E-state index contributed by atoms with van der Waals surface area (Å²) in [5, 5.41) is 3.14. The predicted octanol–water partition coefficient (Wildman–Crippen LogP) is 2.03. The summed E-state index contributed by atoms with van der Waals surface area (Å²) in [7, 11) is 0. The molecule has 0 aromatic heterocycles. The Kier molecular flexibility index (Phi) is 1.60. The average Bonchev–Trinajstić information content (AvgIpc) is 1.80. The Balaban J connectivity index is 2.54. The summed E-state index contributed by atoms with van der Waals surface area (Å²) < 4.78 is 0. The van der Waals surface area contributed by atoms with Crippen molar-refractivity contribution in [3.63, 3.8) is 0 Å². The number of nitrogens with one attached hydrogen (secondary N) is 1. The maximum Gasteiger partial charge on any atom is 0.0104 e. The Morgan fingerprint density at radius 3 is 2.67 bits per heavy atom. The van der Waals surface area contributed by atoms with Gasteiger partial charge < -0.3 is 5.32 Å². The molecule has 1 heteroatoms. The fraction of sp³-hybridized carbons (Fsp3) is 0.500. The first-order valence-electron chi connectivity index (χ1n) is 3.33. The molecule has 0 aliphatic carbocycles. The highest BCUT2D eigenvalue weighted by Crippen LogP contribution is 2.21. The van der Waals surface area contributed by atoms with E-state index in [1.54, 1.807) is 0 Å². The van der Waals surface area contributed by atoms with E-state index in [2.05, 4.69) is 25.4 Å². The highest BCUT2D eigenvalue weighted by molar-refractivity contribution is 5.11. The van der Waals surface area contributed by atoms with E-state index in [-0.39, 0.29) is 0 Å². The van der Waals surface area contributed by atoms with Gasteiger partial charge in [0.2, 0.25) is 0 Å². The second kappa shape index (κ2) is 2.26. The Labute approximate surface area is 56.5 Å². The largest absolute Gasteiger partial charge is 0.363 e. The van der Waals surface area contributed by atoms with Gasteiger partial charge in [-0.15, -0.1) is 0 Å². The third-order valence-corrected chi connectivity index (χ3v) is 1.81. The second-order valence-corrected chi connectivity index (χ2v) is 2.69. The predicted molar refractivity (Wildman–Crippen MR) is 39.8 cm³/mol. The summed E-state index contributed by atoms with van der Waals surface area (Å²) in [6.07, 6.45) is 2.30. The van der Waals surface area contributed by atoms with E-state index in [0.717, 1.165) is 17.8 Å². The summed E-state index contributed by atoms with van der Waals surface area (Å²) >= 11 is 0. The summed E-state index contributed by atoms with van der Waals surface area (Å²) in [6.45, 7) is 9.88. The summed E-state index contributed by atoms with van der Waals surface area (Å²) in [5.74, 6) is 0.621. The second-order valence-electron chi connectivity index (χ2n) is 2.69. The molecule has 1 rings (SSSR count). The highest BCUT2D eigenvalue weighted by Gasteiger charge is 2.12. The third kappa shape index (κ3) is 1.35. The first kappa shape index (κ1) is 6.40. The van der Waals surface area contributed by atoms with Crippen molar-refractivity contribution in [2.75, 3.05) is 0 Å². The van der Waals surface area contributed by atoms with E-state index < -0.39 is 0 Å². The van der Waals surface area contributed by atoms with Gasteiger partial charge in [-0.2, -0.15) is 0 Å². The Hall–Kier alpha value is -0.720. The van der Waals surface area contributed by atoms with Crippen LogP contribution in [0.15, 0.2) is 24.6 Å². The zero-order chi connectivity index (χ0) is 6.85. The molecule has 1 saturated heterocycles. The SMILES string of the molecule is C=C1CCC(C)C(=C)N1. The molecule has 0 aromatic carbocycles. The van der Waals surface area contributed by atoms with Gasteiger partial charge in [-0.05, 0) is 18.8 Å². The smallest absolute Gasteiger partial charge is 0.0104 e. The molecule has 0 radical (unpaired) electrons. The molecule has 1 heterocycles. The van der Waals surface area contributed by atoms with Crippen molar-refractivity contribution in [2.24, 2.45) is 5.92 Å². The lowest BCUT2D eigenvalue weighted by Crippen LogP contribution is -2.22. The van der Waals surface area contributed by atoms with Crippen LogP contribution in [0.25, 0.3) is 0 Å². The van der Waals surface area contributed by atoms with Crippen molar-refractivity contribution < 1.29 is 0 Å². The quantitative estimate of drug-likeness (QED) is 0.519. The summed E-state index contributed by atoms with van der Waals surface area (Å²) in [6, 6.07) is 0. The first-order valence-corrected chi connectivity index (χ1v) is 3.33. The van der Waals surface area contributed by atoms with Crippen molar-refractivity contribution in [1.29, 1.82) is 0 Å². The molecule has 1 atom stereocenters. The maximum atomic E-state index is 3.87. The standard InChI is InChI=1S/C8H13N/c1-6-4-5-7(2)9-8(6)3/h6,9H,2-5H2,1H3. The van der Waals surface area contributed by atoms with Crippen LogP contribution in [0.3, 0.4) is 0 Å². The third-order valence-electron chi connectivity index (χ3n) is 1.81. The topological polar surface area (TPSA) is 12.0 Å². The Bertz CT molecular complexity index is 147. The van der Waals surface area contributed by atoms with Gasteiger partial charge in [0, 0.05) is 11.4 Å². The van der Waals surface area contributed by atoms with E-state index in [0.29, 0.717) is 5.92 Å². The van der Waals surface area contributed by atoms with Crippen LogP contribution >= 0.6 is 0 Å². The Morgan fingerprint density at radius 2 is 2.22 bits per heavy atom. The van der Waals surface area contributed by atoms with Crippen LogP contribution < -0.4 is 5.32 Å². The van der Waals surface area contributed by atoms with E-state index in [4.69, 9.17) is 0 Å². The van der Waals surface area contributed by atoms with Gasteiger partial charge >= 0.3 is 0 Å². The molecule has 1 fully saturated rings. The van der Waals surface area contributed by atoms with Gasteiger partial charge in [0.1, 0.15) is 0 Å². The van der Waals surface area contributed by atoms with E-state index in [1.807, 2.05) is 0 Å².